The molecule has 0 fully saturated rings. The number of ether oxygens (including phenoxy) is 1. The van der Waals surface area contributed by atoms with E-state index in [2.05, 4.69) is 15.5 Å². The van der Waals surface area contributed by atoms with Gasteiger partial charge in [-0.1, -0.05) is 31.2 Å². The first-order chi connectivity index (χ1) is 16.0. The zero-order valence-corrected chi connectivity index (χ0v) is 19.3. The second-order valence-corrected chi connectivity index (χ2v) is 8.35. The third-order valence-corrected chi connectivity index (χ3v) is 5.47. The van der Waals surface area contributed by atoms with Gasteiger partial charge in [-0.2, -0.15) is 0 Å². The summed E-state index contributed by atoms with van der Waals surface area (Å²) in [6.45, 7) is 3.83. The summed E-state index contributed by atoms with van der Waals surface area (Å²) in [5.74, 6) is -0.492. The first-order valence-corrected chi connectivity index (χ1v) is 11.5. The third kappa shape index (κ3) is 7.25. The number of benzene rings is 1. The molecule has 2 heterocycles. The minimum absolute atomic E-state index is 0.0482. The van der Waals surface area contributed by atoms with E-state index in [0.29, 0.717) is 30.3 Å². The lowest BCUT2D eigenvalue weighted by molar-refractivity contribution is -0.152. The van der Waals surface area contributed by atoms with Crippen LogP contribution in [-0.4, -0.2) is 52.1 Å². The second-order valence-electron chi connectivity index (χ2n) is 7.40. The monoisotopic (exact) mass is 470 g/mol. The number of nitrogens with zero attached hydrogens (tertiary/aromatic N) is 3. The van der Waals surface area contributed by atoms with E-state index < -0.39 is 18.6 Å². The highest BCUT2D eigenvalue weighted by molar-refractivity contribution is 7.13. The predicted molar refractivity (Wildman–Crippen MR) is 122 cm³/mol. The van der Waals surface area contributed by atoms with Gasteiger partial charge in [-0.15, -0.1) is 21.5 Å². The van der Waals surface area contributed by atoms with Crippen LogP contribution in [0.1, 0.15) is 42.9 Å². The van der Waals surface area contributed by atoms with Crippen LogP contribution < -0.4 is 5.32 Å². The average Bonchev–Trinajstić information content (AvgIpc) is 3.50. The Kier molecular flexibility index (Phi) is 8.71. The van der Waals surface area contributed by atoms with E-state index >= 15 is 0 Å². The molecular formula is C23H26N4O5S. The number of hydrogen-bond acceptors (Lipinski definition) is 8. The van der Waals surface area contributed by atoms with Crippen molar-refractivity contribution in [2.75, 3.05) is 13.2 Å². The van der Waals surface area contributed by atoms with Gasteiger partial charge in [0.05, 0.1) is 17.8 Å². The molecule has 1 unspecified atom stereocenters. The molecule has 0 aliphatic heterocycles. The molecule has 2 amide bonds. The molecule has 1 N–H and O–H groups in total. The molecule has 3 rings (SSSR count). The maximum Gasteiger partial charge on any atom is 0.308 e. The Morgan fingerprint density at radius 1 is 1.15 bits per heavy atom. The summed E-state index contributed by atoms with van der Waals surface area (Å²) < 4.78 is 10.8. The quantitative estimate of drug-likeness (QED) is 0.428. The van der Waals surface area contributed by atoms with Crippen LogP contribution in [0.3, 0.4) is 0 Å². The van der Waals surface area contributed by atoms with Crippen LogP contribution in [0.15, 0.2) is 52.3 Å². The fourth-order valence-electron chi connectivity index (χ4n) is 3.03. The maximum absolute atomic E-state index is 12.6. The van der Waals surface area contributed by atoms with E-state index in [1.165, 1.54) is 16.2 Å². The summed E-state index contributed by atoms with van der Waals surface area (Å²) in [7, 11) is 0. The topological polar surface area (TPSA) is 115 Å². The second kappa shape index (κ2) is 11.9. The van der Waals surface area contributed by atoms with Gasteiger partial charge in [-0.25, -0.2) is 0 Å². The first kappa shape index (κ1) is 24.1. The predicted octanol–water partition coefficient (Wildman–Crippen LogP) is 3.29. The van der Waals surface area contributed by atoms with Crippen molar-refractivity contribution in [1.29, 1.82) is 0 Å². The molecule has 0 saturated heterocycles. The number of carbonyl (C=O) groups excluding carboxylic acids is 3. The molecule has 33 heavy (non-hydrogen) atoms. The van der Waals surface area contributed by atoms with Crippen molar-refractivity contribution in [2.24, 2.45) is 0 Å². The van der Waals surface area contributed by atoms with Crippen LogP contribution in [0.5, 0.6) is 0 Å². The zero-order valence-electron chi connectivity index (χ0n) is 18.5. The van der Waals surface area contributed by atoms with Crippen molar-refractivity contribution in [3.63, 3.8) is 0 Å². The molecule has 1 aromatic carbocycles. The van der Waals surface area contributed by atoms with Gasteiger partial charge in [0.2, 0.25) is 5.89 Å². The smallest absolute Gasteiger partial charge is 0.308 e. The van der Waals surface area contributed by atoms with Gasteiger partial charge in [-0.05, 0) is 36.9 Å². The number of aromatic nitrogens is 2. The molecule has 0 saturated carbocycles. The molecule has 0 aliphatic rings. The highest BCUT2D eigenvalue weighted by Gasteiger charge is 2.20. The molecule has 174 valence electrons. The first-order valence-electron chi connectivity index (χ1n) is 10.6. The molecule has 10 heteroatoms. The third-order valence-electron chi connectivity index (χ3n) is 4.61. The van der Waals surface area contributed by atoms with Gasteiger partial charge in [0.1, 0.15) is 0 Å². The van der Waals surface area contributed by atoms with E-state index in [4.69, 9.17) is 9.15 Å². The lowest BCUT2D eigenvalue weighted by atomic mass is 10.2. The molecule has 9 nitrogen and oxygen atoms in total. The molecule has 0 bridgehead atoms. The summed E-state index contributed by atoms with van der Waals surface area (Å²) in [5.41, 5.74) is 0.506. The van der Waals surface area contributed by atoms with Crippen molar-refractivity contribution < 1.29 is 23.5 Å². The number of thiophene rings is 1. The Bertz CT molecular complexity index is 1050. The largest absolute Gasteiger partial charge is 0.456 e. The molecule has 3 aromatic rings. The molecular weight excluding hydrogens is 444 g/mol. The van der Waals surface area contributed by atoms with E-state index in [1.807, 2.05) is 30.5 Å². The summed E-state index contributed by atoms with van der Waals surface area (Å²) in [4.78, 5) is 39.3. The van der Waals surface area contributed by atoms with Gasteiger partial charge >= 0.3 is 5.97 Å². The zero-order chi connectivity index (χ0) is 23.6. The number of esters is 1. The Balaban J connectivity index is 1.46. The van der Waals surface area contributed by atoms with Gasteiger partial charge in [0, 0.05) is 18.2 Å². The molecule has 2 aromatic heterocycles. The fraction of sp³-hybridized carbons (Fsp3) is 0.348. The van der Waals surface area contributed by atoms with Crippen molar-refractivity contribution in [3.05, 3.63) is 59.3 Å². The molecule has 0 spiro atoms. The van der Waals surface area contributed by atoms with E-state index in [1.54, 1.807) is 31.2 Å². The minimum atomic E-state index is -0.571. The van der Waals surface area contributed by atoms with Crippen molar-refractivity contribution in [3.8, 4) is 10.8 Å². The van der Waals surface area contributed by atoms with Crippen LogP contribution in [0.4, 0.5) is 0 Å². The highest BCUT2D eigenvalue weighted by atomic mass is 32.1. The molecule has 1 atom stereocenters. The lowest BCUT2D eigenvalue weighted by Crippen LogP contribution is -2.37. The van der Waals surface area contributed by atoms with Crippen molar-refractivity contribution in [1.82, 2.24) is 20.4 Å². The Morgan fingerprint density at radius 2 is 1.94 bits per heavy atom. The van der Waals surface area contributed by atoms with E-state index in [0.717, 1.165) is 4.88 Å². The average molecular weight is 471 g/mol. The van der Waals surface area contributed by atoms with Crippen LogP contribution in [-0.2, 0) is 20.9 Å². The number of amides is 2. The summed E-state index contributed by atoms with van der Waals surface area (Å²) in [5, 5.41) is 12.7. The number of hydrogen-bond donors (Lipinski definition) is 1. The van der Waals surface area contributed by atoms with Crippen molar-refractivity contribution >= 4 is 29.1 Å². The Labute approximate surface area is 195 Å². The SMILES string of the molecule is CCCN(Cc1nnc(-c2cccs2)o1)C(=O)COC(=O)CC(C)NC(=O)c1ccccc1. The summed E-state index contributed by atoms with van der Waals surface area (Å²) in [6, 6.07) is 12.0. The number of rotatable bonds is 11. The summed E-state index contributed by atoms with van der Waals surface area (Å²) in [6.07, 6.45) is 0.668. The summed E-state index contributed by atoms with van der Waals surface area (Å²) >= 11 is 1.48. The maximum atomic E-state index is 12.6. The van der Waals surface area contributed by atoms with Gasteiger partial charge in [0.25, 0.3) is 17.7 Å². The Hall–Kier alpha value is -3.53. The van der Waals surface area contributed by atoms with E-state index in [9.17, 15) is 14.4 Å². The normalized spacial score (nSPS) is 11.6. The number of carbonyl (C=O) groups is 3. The lowest BCUT2D eigenvalue weighted by Gasteiger charge is -2.20. The minimum Gasteiger partial charge on any atom is -0.456 e. The van der Waals surface area contributed by atoms with Gasteiger partial charge in [0.15, 0.2) is 6.61 Å². The molecule has 0 radical (unpaired) electrons. The Morgan fingerprint density at radius 3 is 2.64 bits per heavy atom. The highest BCUT2D eigenvalue weighted by Crippen LogP contribution is 2.23. The van der Waals surface area contributed by atoms with Crippen LogP contribution in [0.25, 0.3) is 10.8 Å². The number of nitrogens with one attached hydrogen (secondary N) is 1. The van der Waals surface area contributed by atoms with Crippen LogP contribution in [0, 0.1) is 0 Å². The van der Waals surface area contributed by atoms with E-state index in [-0.39, 0.29) is 24.8 Å². The van der Waals surface area contributed by atoms with Crippen LogP contribution >= 0.6 is 11.3 Å². The van der Waals surface area contributed by atoms with Gasteiger partial charge in [-0.3, -0.25) is 14.4 Å². The fourth-order valence-corrected chi connectivity index (χ4v) is 3.68. The standard InChI is InChI=1S/C23H26N4O5S/c1-3-11-27(14-19-25-26-23(32-19)18-10-7-12-33-18)20(28)15-31-21(29)13-16(2)24-22(30)17-8-5-4-6-9-17/h4-10,12,16H,3,11,13-15H2,1-2H3,(H,24,30). The van der Waals surface area contributed by atoms with Crippen molar-refractivity contribution in [2.45, 2.75) is 39.3 Å². The van der Waals surface area contributed by atoms with Crippen LogP contribution in [0.2, 0.25) is 0 Å². The van der Waals surface area contributed by atoms with Gasteiger partial charge < -0.3 is 19.4 Å². The molecule has 0 aliphatic carbocycles.